The molecule has 1 heterocycles. The van der Waals surface area contributed by atoms with Gasteiger partial charge in [-0.2, -0.15) is 0 Å². The van der Waals surface area contributed by atoms with Crippen molar-refractivity contribution in [2.45, 2.75) is 13.0 Å². The maximum absolute atomic E-state index is 12.4. The molecule has 0 saturated carbocycles. The lowest BCUT2D eigenvalue weighted by molar-refractivity contribution is 0.0712. The van der Waals surface area contributed by atoms with Crippen LogP contribution >= 0.6 is 27.5 Å². The van der Waals surface area contributed by atoms with Crippen molar-refractivity contribution in [2.75, 3.05) is 18.1 Å². The van der Waals surface area contributed by atoms with Gasteiger partial charge in [0.05, 0.1) is 11.5 Å². The van der Waals surface area contributed by atoms with Gasteiger partial charge in [-0.3, -0.25) is 4.79 Å². The van der Waals surface area contributed by atoms with E-state index in [2.05, 4.69) is 15.9 Å². The van der Waals surface area contributed by atoms with Crippen molar-refractivity contribution in [2.24, 2.45) is 0 Å². The van der Waals surface area contributed by atoms with Crippen LogP contribution in [-0.4, -0.2) is 43.3 Å². The first-order valence-corrected chi connectivity index (χ1v) is 8.75. The summed E-state index contributed by atoms with van der Waals surface area (Å²) < 4.78 is 23.7. The number of rotatable bonds is 1. The molecule has 1 aliphatic rings. The molecule has 19 heavy (non-hydrogen) atoms. The number of carbonyl (C=O) groups excluding carboxylic acids is 1. The van der Waals surface area contributed by atoms with E-state index in [4.69, 9.17) is 11.6 Å². The topological polar surface area (TPSA) is 54.5 Å². The molecule has 104 valence electrons. The average Bonchev–Trinajstić information content (AvgIpc) is 2.25. The maximum atomic E-state index is 12.4. The van der Waals surface area contributed by atoms with E-state index in [0.717, 1.165) is 4.47 Å². The average molecular weight is 367 g/mol. The standard InChI is InChI=1S/C12H13BrClNO3S/c1-8-7-19(17,18)3-2-15(8)12(16)9-4-10(13)6-11(14)5-9/h4-6,8H,2-3,7H2,1H3. The second kappa shape index (κ2) is 5.42. The Bertz CT molecular complexity index is 597. The summed E-state index contributed by atoms with van der Waals surface area (Å²) in [4.78, 5) is 14.0. The van der Waals surface area contributed by atoms with Crippen LogP contribution in [0.25, 0.3) is 0 Å². The van der Waals surface area contributed by atoms with Crippen molar-refractivity contribution in [3.05, 3.63) is 33.3 Å². The third-order valence-corrected chi connectivity index (χ3v) is 5.51. The Morgan fingerprint density at radius 2 is 2.11 bits per heavy atom. The summed E-state index contributed by atoms with van der Waals surface area (Å²) in [7, 11) is -3.03. The predicted octanol–water partition coefficient (Wildman–Crippen LogP) is 2.36. The molecule has 7 heteroatoms. The van der Waals surface area contributed by atoms with Gasteiger partial charge >= 0.3 is 0 Å². The van der Waals surface area contributed by atoms with Crippen LogP contribution in [0.5, 0.6) is 0 Å². The number of benzene rings is 1. The zero-order valence-corrected chi connectivity index (χ0v) is 13.4. The van der Waals surface area contributed by atoms with E-state index in [0.29, 0.717) is 10.6 Å². The Morgan fingerprint density at radius 3 is 2.68 bits per heavy atom. The summed E-state index contributed by atoms with van der Waals surface area (Å²) in [6, 6.07) is 4.65. The zero-order chi connectivity index (χ0) is 14.2. The minimum atomic E-state index is -3.03. The number of nitrogens with zero attached hydrogens (tertiary/aromatic N) is 1. The molecule has 1 aliphatic heterocycles. The van der Waals surface area contributed by atoms with Crippen LogP contribution in [0, 0.1) is 0 Å². The molecule has 0 N–H and O–H groups in total. The molecule has 1 saturated heterocycles. The minimum absolute atomic E-state index is 0.0144. The van der Waals surface area contributed by atoms with Crippen molar-refractivity contribution >= 4 is 43.3 Å². The maximum Gasteiger partial charge on any atom is 0.254 e. The number of amides is 1. The Morgan fingerprint density at radius 1 is 1.42 bits per heavy atom. The van der Waals surface area contributed by atoms with Crippen molar-refractivity contribution < 1.29 is 13.2 Å². The number of hydrogen-bond donors (Lipinski definition) is 0. The Balaban J connectivity index is 2.25. The third-order valence-electron chi connectivity index (χ3n) is 3.04. The third kappa shape index (κ3) is 3.49. The molecule has 1 atom stereocenters. The second-order valence-corrected chi connectivity index (χ2v) is 8.20. The van der Waals surface area contributed by atoms with E-state index in [1.54, 1.807) is 30.0 Å². The van der Waals surface area contributed by atoms with Crippen molar-refractivity contribution in [1.29, 1.82) is 0 Å². The molecule has 0 spiro atoms. The summed E-state index contributed by atoms with van der Waals surface area (Å²) >= 11 is 9.21. The van der Waals surface area contributed by atoms with Crippen LogP contribution in [-0.2, 0) is 9.84 Å². The molecule has 1 aromatic rings. The van der Waals surface area contributed by atoms with Gasteiger partial charge in [0.2, 0.25) is 0 Å². The largest absolute Gasteiger partial charge is 0.334 e. The quantitative estimate of drug-likeness (QED) is 0.767. The molecule has 4 nitrogen and oxygen atoms in total. The molecule has 0 aliphatic carbocycles. The number of halogens is 2. The first-order valence-electron chi connectivity index (χ1n) is 5.76. The van der Waals surface area contributed by atoms with E-state index in [1.807, 2.05) is 0 Å². The first-order chi connectivity index (χ1) is 8.78. The highest BCUT2D eigenvalue weighted by atomic mass is 79.9. The van der Waals surface area contributed by atoms with Gasteiger partial charge in [-0.1, -0.05) is 27.5 Å². The fraction of sp³-hybridized carbons (Fsp3) is 0.417. The first kappa shape index (κ1) is 14.8. The smallest absolute Gasteiger partial charge is 0.254 e. The molecule has 2 rings (SSSR count). The van der Waals surface area contributed by atoms with E-state index < -0.39 is 9.84 Å². The zero-order valence-electron chi connectivity index (χ0n) is 10.3. The SMILES string of the molecule is CC1CS(=O)(=O)CCN1C(=O)c1cc(Cl)cc(Br)c1. The molecule has 1 fully saturated rings. The van der Waals surface area contributed by atoms with Crippen LogP contribution in [0.3, 0.4) is 0 Å². The fourth-order valence-electron chi connectivity index (χ4n) is 2.14. The number of carbonyl (C=O) groups is 1. The molecular formula is C12H13BrClNO3S. The van der Waals surface area contributed by atoms with E-state index in [-0.39, 0.29) is 30.0 Å². The molecular weight excluding hydrogens is 354 g/mol. The normalized spacial score (nSPS) is 22.3. The molecule has 0 radical (unpaired) electrons. The van der Waals surface area contributed by atoms with Gasteiger partial charge in [-0.25, -0.2) is 8.42 Å². The van der Waals surface area contributed by atoms with Gasteiger partial charge in [0.1, 0.15) is 0 Å². The Hall–Kier alpha value is -0.590. The summed E-state index contributed by atoms with van der Waals surface area (Å²) in [5, 5.41) is 0.468. The van der Waals surface area contributed by atoms with Gasteiger partial charge in [0, 0.05) is 27.6 Å². The summed E-state index contributed by atoms with van der Waals surface area (Å²) in [6.45, 7) is 1.97. The second-order valence-electron chi connectivity index (χ2n) is 4.62. The van der Waals surface area contributed by atoms with Crippen molar-refractivity contribution in [3.63, 3.8) is 0 Å². The number of sulfone groups is 1. The van der Waals surface area contributed by atoms with Gasteiger partial charge < -0.3 is 4.90 Å². The highest BCUT2D eigenvalue weighted by molar-refractivity contribution is 9.10. The lowest BCUT2D eigenvalue weighted by Crippen LogP contribution is -2.49. The van der Waals surface area contributed by atoms with Crippen LogP contribution in [0.2, 0.25) is 5.02 Å². The van der Waals surface area contributed by atoms with Crippen LogP contribution in [0.1, 0.15) is 17.3 Å². The van der Waals surface area contributed by atoms with E-state index in [1.165, 1.54) is 0 Å². The minimum Gasteiger partial charge on any atom is -0.334 e. The Labute approximate surface area is 125 Å². The lowest BCUT2D eigenvalue weighted by Gasteiger charge is -2.33. The van der Waals surface area contributed by atoms with Crippen molar-refractivity contribution in [1.82, 2.24) is 4.90 Å². The van der Waals surface area contributed by atoms with Gasteiger partial charge in [-0.15, -0.1) is 0 Å². The molecule has 0 aromatic heterocycles. The van der Waals surface area contributed by atoms with Gasteiger partial charge in [-0.05, 0) is 25.1 Å². The summed E-state index contributed by atoms with van der Waals surface area (Å²) in [5.74, 6) is -0.156. The van der Waals surface area contributed by atoms with Gasteiger partial charge in [0.15, 0.2) is 9.84 Å². The summed E-state index contributed by atoms with van der Waals surface area (Å²) in [6.07, 6.45) is 0. The molecule has 1 amide bonds. The van der Waals surface area contributed by atoms with Crippen LogP contribution in [0.4, 0.5) is 0 Å². The molecule has 1 aromatic carbocycles. The highest BCUT2D eigenvalue weighted by Crippen LogP contribution is 2.22. The summed E-state index contributed by atoms with van der Waals surface area (Å²) in [5.41, 5.74) is 0.463. The number of hydrogen-bond acceptors (Lipinski definition) is 3. The van der Waals surface area contributed by atoms with E-state index in [9.17, 15) is 13.2 Å². The lowest BCUT2D eigenvalue weighted by atomic mass is 10.1. The van der Waals surface area contributed by atoms with E-state index >= 15 is 0 Å². The predicted molar refractivity (Wildman–Crippen MR) is 78.3 cm³/mol. The van der Waals surface area contributed by atoms with Gasteiger partial charge in [0.25, 0.3) is 5.91 Å². The molecule has 1 unspecified atom stereocenters. The molecule has 0 bridgehead atoms. The monoisotopic (exact) mass is 365 g/mol. The Kier molecular flexibility index (Phi) is 4.23. The van der Waals surface area contributed by atoms with Crippen molar-refractivity contribution in [3.8, 4) is 0 Å². The van der Waals surface area contributed by atoms with Crippen LogP contribution in [0.15, 0.2) is 22.7 Å². The fourth-order valence-corrected chi connectivity index (χ4v) is 4.56. The van der Waals surface area contributed by atoms with Crippen LogP contribution < -0.4 is 0 Å². The highest BCUT2D eigenvalue weighted by Gasteiger charge is 2.31.